The second-order valence-corrected chi connectivity index (χ2v) is 5.29. The van der Waals surface area contributed by atoms with Gasteiger partial charge in [0, 0.05) is 6.54 Å². The second kappa shape index (κ2) is 6.70. The van der Waals surface area contributed by atoms with Crippen LogP contribution >= 0.6 is 11.8 Å². The molecule has 0 spiro atoms. The topological polar surface area (TPSA) is 32.3 Å². The Labute approximate surface area is 91.9 Å². The molecule has 1 saturated carbocycles. The monoisotopic (exact) mass is 217 g/mol. The Morgan fingerprint density at radius 1 is 1.29 bits per heavy atom. The number of rotatable bonds is 7. The van der Waals surface area contributed by atoms with E-state index in [0.717, 1.165) is 25.9 Å². The summed E-state index contributed by atoms with van der Waals surface area (Å²) in [5, 5.41) is 13.4. The van der Waals surface area contributed by atoms with Crippen molar-refractivity contribution < 1.29 is 5.11 Å². The summed E-state index contributed by atoms with van der Waals surface area (Å²) in [7, 11) is 0. The van der Waals surface area contributed by atoms with Crippen molar-refractivity contribution in [3.05, 3.63) is 0 Å². The van der Waals surface area contributed by atoms with E-state index in [-0.39, 0.29) is 5.60 Å². The number of nitrogens with one attached hydrogen (secondary N) is 1. The Morgan fingerprint density at radius 3 is 2.64 bits per heavy atom. The van der Waals surface area contributed by atoms with Crippen LogP contribution in [0.1, 0.15) is 38.5 Å². The zero-order valence-corrected chi connectivity index (χ0v) is 10.0. The number of hydrogen-bond donors (Lipinski definition) is 2. The molecule has 1 aliphatic carbocycles. The van der Waals surface area contributed by atoms with E-state index in [1.54, 1.807) is 0 Å². The summed E-state index contributed by atoms with van der Waals surface area (Å²) in [6, 6.07) is 0. The first kappa shape index (κ1) is 12.3. The molecule has 0 unspecified atom stereocenters. The smallest absolute Gasteiger partial charge is 0.0771 e. The Hall–Kier alpha value is 0.270. The molecule has 3 heteroatoms. The van der Waals surface area contributed by atoms with Gasteiger partial charge in [0.1, 0.15) is 0 Å². The third-order valence-electron chi connectivity index (χ3n) is 2.94. The second-order valence-electron chi connectivity index (χ2n) is 4.31. The van der Waals surface area contributed by atoms with Gasteiger partial charge in [-0.05, 0) is 44.2 Å². The molecule has 2 nitrogen and oxygen atoms in total. The summed E-state index contributed by atoms with van der Waals surface area (Å²) < 4.78 is 0. The van der Waals surface area contributed by atoms with Gasteiger partial charge in [-0.3, -0.25) is 0 Å². The number of thioether (sulfide) groups is 1. The van der Waals surface area contributed by atoms with Gasteiger partial charge < -0.3 is 10.4 Å². The van der Waals surface area contributed by atoms with Gasteiger partial charge >= 0.3 is 0 Å². The van der Waals surface area contributed by atoms with Crippen LogP contribution in [-0.4, -0.2) is 35.8 Å². The zero-order valence-electron chi connectivity index (χ0n) is 9.22. The number of aliphatic hydroxyl groups is 1. The van der Waals surface area contributed by atoms with Crippen LogP contribution in [0, 0.1) is 0 Å². The molecule has 0 heterocycles. The van der Waals surface area contributed by atoms with Crippen molar-refractivity contribution in [2.75, 3.05) is 25.1 Å². The van der Waals surface area contributed by atoms with Crippen molar-refractivity contribution in [1.29, 1.82) is 0 Å². The van der Waals surface area contributed by atoms with Gasteiger partial charge in [0.15, 0.2) is 0 Å². The molecular formula is C11H23NOS. The molecule has 0 radical (unpaired) electrons. The molecular weight excluding hydrogens is 194 g/mol. The molecule has 0 atom stereocenters. The summed E-state index contributed by atoms with van der Waals surface area (Å²) in [6.07, 6.45) is 9.04. The third-order valence-corrected chi connectivity index (χ3v) is 3.64. The highest BCUT2D eigenvalue weighted by molar-refractivity contribution is 7.98. The lowest BCUT2D eigenvalue weighted by Gasteiger charge is -2.22. The maximum absolute atomic E-state index is 10.0. The van der Waals surface area contributed by atoms with E-state index in [2.05, 4.69) is 11.6 Å². The molecule has 0 saturated heterocycles. The van der Waals surface area contributed by atoms with Gasteiger partial charge in [-0.1, -0.05) is 12.8 Å². The molecule has 1 fully saturated rings. The number of hydrogen-bond acceptors (Lipinski definition) is 3. The van der Waals surface area contributed by atoms with E-state index >= 15 is 0 Å². The van der Waals surface area contributed by atoms with Gasteiger partial charge in [-0.25, -0.2) is 0 Å². The highest BCUT2D eigenvalue weighted by atomic mass is 32.2. The van der Waals surface area contributed by atoms with Crippen LogP contribution in [0.15, 0.2) is 0 Å². The summed E-state index contributed by atoms with van der Waals surface area (Å²) in [5.41, 5.74) is -0.375. The van der Waals surface area contributed by atoms with Crippen molar-refractivity contribution in [2.24, 2.45) is 0 Å². The largest absolute Gasteiger partial charge is 0.389 e. The van der Waals surface area contributed by atoms with E-state index in [0.29, 0.717) is 0 Å². The predicted molar refractivity (Wildman–Crippen MR) is 63.9 cm³/mol. The fraction of sp³-hybridized carbons (Fsp3) is 1.00. The van der Waals surface area contributed by atoms with Crippen molar-refractivity contribution in [3.63, 3.8) is 0 Å². The predicted octanol–water partition coefficient (Wildman–Crippen LogP) is 2.02. The maximum Gasteiger partial charge on any atom is 0.0771 e. The molecule has 14 heavy (non-hydrogen) atoms. The van der Waals surface area contributed by atoms with E-state index < -0.39 is 0 Å². The molecule has 1 aliphatic rings. The first-order chi connectivity index (χ1) is 6.77. The molecule has 2 N–H and O–H groups in total. The Bertz CT molecular complexity index is 146. The van der Waals surface area contributed by atoms with E-state index in [9.17, 15) is 5.11 Å². The third kappa shape index (κ3) is 4.67. The highest BCUT2D eigenvalue weighted by Crippen LogP contribution is 2.28. The minimum absolute atomic E-state index is 0.375. The standard InChI is InChI=1S/C11H23NOS/c1-14-9-5-4-8-12-10-11(13)6-2-3-7-11/h12-13H,2-10H2,1H3. The fourth-order valence-corrected chi connectivity index (χ4v) is 2.52. The van der Waals surface area contributed by atoms with Crippen LogP contribution in [0.25, 0.3) is 0 Å². The number of unbranched alkanes of at least 4 members (excludes halogenated alkanes) is 1. The SMILES string of the molecule is CSCCCCNCC1(O)CCCC1. The first-order valence-electron chi connectivity index (χ1n) is 5.69. The van der Waals surface area contributed by atoms with Crippen LogP contribution in [0.4, 0.5) is 0 Å². The minimum Gasteiger partial charge on any atom is -0.389 e. The first-order valence-corrected chi connectivity index (χ1v) is 7.08. The van der Waals surface area contributed by atoms with Crippen molar-refractivity contribution in [3.8, 4) is 0 Å². The fourth-order valence-electron chi connectivity index (χ4n) is 2.03. The van der Waals surface area contributed by atoms with Gasteiger partial charge in [0.2, 0.25) is 0 Å². The Kier molecular flexibility index (Phi) is 5.90. The summed E-state index contributed by atoms with van der Waals surface area (Å²) in [6.45, 7) is 1.86. The molecule has 0 amide bonds. The van der Waals surface area contributed by atoms with Crippen LogP contribution < -0.4 is 5.32 Å². The van der Waals surface area contributed by atoms with E-state index in [1.165, 1.54) is 31.4 Å². The molecule has 84 valence electrons. The average molecular weight is 217 g/mol. The van der Waals surface area contributed by atoms with Gasteiger partial charge in [0.25, 0.3) is 0 Å². The quantitative estimate of drug-likeness (QED) is 0.640. The normalized spacial score (nSPS) is 20.1. The summed E-state index contributed by atoms with van der Waals surface area (Å²) in [5.74, 6) is 1.26. The molecule has 0 aromatic carbocycles. The van der Waals surface area contributed by atoms with E-state index in [1.807, 2.05) is 11.8 Å². The Morgan fingerprint density at radius 2 is 2.00 bits per heavy atom. The van der Waals surface area contributed by atoms with Gasteiger partial charge in [-0.15, -0.1) is 0 Å². The molecule has 0 bridgehead atoms. The molecule has 0 aromatic heterocycles. The Balaban J connectivity index is 1.92. The lowest BCUT2D eigenvalue weighted by Crippen LogP contribution is -2.38. The maximum atomic E-state index is 10.0. The van der Waals surface area contributed by atoms with E-state index in [4.69, 9.17) is 0 Å². The van der Waals surface area contributed by atoms with Crippen molar-refractivity contribution >= 4 is 11.8 Å². The lowest BCUT2D eigenvalue weighted by atomic mass is 10.0. The van der Waals surface area contributed by atoms with Crippen LogP contribution in [0.2, 0.25) is 0 Å². The van der Waals surface area contributed by atoms with Crippen LogP contribution in [0.5, 0.6) is 0 Å². The van der Waals surface area contributed by atoms with Gasteiger partial charge in [-0.2, -0.15) is 11.8 Å². The molecule has 1 rings (SSSR count). The lowest BCUT2D eigenvalue weighted by molar-refractivity contribution is 0.0479. The minimum atomic E-state index is -0.375. The van der Waals surface area contributed by atoms with Crippen LogP contribution in [0.3, 0.4) is 0 Å². The van der Waals surface area contributed by atoms with Crippen molar-refractivity contribution in [1.82, 2.24) is 5.32 Å². The van der Waals surface area contributed by atoms with Crippen LogP contribution in [-0.2, 0) is 0 Å². The van der Waals surface area contributed by atoms with Gasteiger partial charge in [0.05, 0.1) is 5.60 Å². The summed E-state index contributed by atoms with van der Waals surface area (Å²) in [4.78, 5) is 0. The zero-order chi connectivity index (χ0) is 10.3. The summed E-state index contributed by atoms with van der Waals surface area (Å²) >= 11 is 1.91. The highest BCUT2D eigenvalue weighted by Gasteiger charge is 2.30. The average Bonchev–Trinajstić information content (AvgIpc) is 2.59. The molecule has 0 aromatic rings. The van der Waals surface area contributed by atoms with Crippen molar-refractivity contribution in [2.45, 2.75) is 44.1 Å². The molecule has 0 aliphatic heterocycles.